The first-order valence-corrected chi connectivity index (χ1v) is 8.11. The van der Waals surface area contributed by atoms with Gasteiger partial charge in [0.05, 0.1) is 26.9 Å². The molecule has 128 valence electrons. The van der Waals surface area contributed by atoms with Crippen molar-refractivity contribution in [2.45, 2.75) is 19.4 Å². The Balaban J connectivity index is 2.04. The minimum absolute atomic E-state index is 0.0216. The third-order valence-electron chi connectivity index (χ3n) is 4.32. The van der Waals surface area contributed by atoms with Crippen LogP contribution in [0.5, 0.6) is 23.0 Å². The number of methoxy groups -OCH3 is 2. The van der Waals surface area contributed by atoms with Gasteiger partial charge in [-0.05, 0) is 54.3 Å². The van der Waals surface area contributed by atoms with E-state index in [1.54, 1.807) is 20.3 Å². The number of phenols is 1. The zero-order chi connectivity index (χ0) is 17.1. The highest BCUT2D eigenvalue weighted by Crippen LogP contribution is 2.39. The van der Waals surface area contributed by atoms with E-state index in [1.165, 1.54) is 5.56 Å². The van der Waals surface area contributed by atoms with E-state index in [4.69, 9.17) is 14.2 Å². The van der Waals surface area contributed by atoms with Gasteiger partial charge in [-0.25, -0.2) is 0 Å². The molecule has 1 heterocycles. The lowest BCUT2D eigenvalue weighted by Crippen LogP contribution is -2.30. The number of benzene rings is 2. The smallest absolute Gasteiger partial charge is 0.161 e. The summed E-state index contributed by atoms with van der Waals surface area (Å²) in [7, 11) is 3.29. The molecule has 2 aromatic carbocycles. The molecule has 0 spiro atoms. The maximum atomic E-state index is 9.93. The maximum Gasteiger partial charge on any atom is 0.161 e. The summed E-state index contributed by atoms with van der Waals surface area (Å²) in [6.07, 6.45) is 0.933. The molecule has 1 aliphatic rings. The highest BCUT2D eigenvalue weighted by atomic mass is 16.5. The fourth-order valence-electron chi connectivity index (χ4n) is 3.16. The molecule has 5 heteroatoms. The molecule has 0 saturated heterocycles. The minimum Gasteiger partial charge on any atom is -0.504 e. The SMILES string of the molecule is CCOc1cc([C@@H]2NCCc3cc(OC)c(OC)cc32)ccc1O. The van der Waals surface area contributed by atoms with Crippen LogP contribution in [0.3, 0.4) is 0 Å². The summed E-state index contributed by atoms with van der Waals surface area (Å²) >= 11 is 0. The Bertz CT molecular complexity index is 730. The molecule has 0 aliphatic carbocycles. The van der Waals surface area contributed by atoms with Gasteiger partial charge in [-0.2, -0.15) is 0 Å². The zero-order valence-corrected chi connectivity index (χ0v) is 14.3. The topological polar surface area (TPSA) is 60.0 Å². The number of ether oxygens (including phenoxy) is 3. The molecule has 24 heavy (non-hydrogen) atoms. The average molecular weight is 329 g/mol. The quantitative estimate of drug-likeness (QED) is 0.883. The van der Waals surface area contributed by atoms with E-state index in [-0.39, 0.29) is 11.8 Å². The van der Waals surface area contributed by atoms with Gasteiger partial charge in [0.1, 0.15) is 0 Å². The molecule has 2 aromatic rings. The highest BCUT2D eigenvalue weighted by molar-refractivity contribution is 5.53. The summed E-state index contributed by atoms with van der Waals surface area (Å²) in [5.41, 5.74) is 3.44. The molecule has 1 aliphatic heterocycles. The van der Waals surface area contributed by atoms with Crippen LogP contribution in [0, 0.1) is 0 Å². The fourth-order valence-corrected chi connectivity index (χ4v) is 3.16. The number of hydrogen-bond acceptors (Lipinski definition) is 5. The molecule has 0 bridgehead atoms. The number of fused-ring (bicyclic) bond motifs is 1. The molecule has 0 unspecified atom stereocenters. The minimum atomic E-state index is 0.0216. The second-order valence-corrected chi connectivity index (χ2v) is 5.70. The Hall–Kier alpha value is -2.40. The van der Waals surface area contributed by atoms with Crippen molar-refractivity contribution in [1.82, 2.24) is 5.32 Å². The number of rotatable bonds is 5. The number of aromatic hydroxyl groups is 1. The van der Waals surface area contributed by atoms with E-state index in [0.717, 1.165) is 29.8 Å². The van der Waals surface area contributed by atoms with Gasteiger partial charge in [0.15, 0.2) is 23.0 Å². The lowest BCUT2D eigenvalue weighted by Gasteiger charge is -2.29. The van der Waals surface area contributed by atoms with Crippen LogP contribution in [-0.2, 0) is 6.42 Å². The largest absolute Gasteiger partial charge is 0.504 e. The molecule has 3 rings (SSSR count). The Kier molecular flexibility index (Phi) is 4.81. The van der Waals surface area contributed by atoms with Crippen molar-refractivity contribution in [3.05, 3.63) is 47.0 Å². The van der Waals surface area contributed by atoms with Crippen molar-refractivity contribution < 1.29 is 19.3 Å². The van der Waals surface area contributed by atoms with Crippen molar-refractivity contribution in [3.63, 3.8) is 0 Å². The van der Waals surface area contributed by atoms with E-state index in [2.05, 4.69) is 5.32 Å². The third-order valence-corrected chi connectivity index (χ3v) is 4.32. The normalized spacial score (nSPS) is 16.4. The standard InChI is InChI=1S/C19H23NO4/c1-4-24-16-10-13(5-6-15(16)21)19-14-11-18(23-3)17(22-2)9-12(14)7-8-20-19/h5-6,9-11,19-21H,4,7-8H2,1-3H3/t19-/m0/s1. The van der Waals surface area contributed by atoms with E-state index < -0.39 is 0 Å². The molecular weight excluding hydrogens is 306 g/mol. The van der Waals surface area contributed by atoms with Gasteiger partial charge in [0.25, 0.3) is 0 Å². The first kappa shape index (κ1) is 16.5. The van der Waals surface area contributed by atoms with Crippen molar-refractivity contribution in [2.24, 2.45) is 0 Å². The number of phenolic OH excluding ortho intramolecular Hbond substituents is 1. The van der Waals surface area contributed by atoms with Crippen LogP contribution < -0.4 is 19.5 Å². The van der Waals surface area contributed by atoms with Crippen LogP contribution in [-0.4, -0.2) is 32.5 Å². The lowest BCUT2D eigenvalue weighted by molar-refractivity contribution is 0.317. The maximum absolute atomic E-state index is 9.93. The Morgan fingerprint density at radius 1 is 1.08 bits per heavy atom. The van der Waals surface area contributed by atoms with Crippen molar-refractivity contribution in [2.75, 3.05) is 27.4 Å². The van der Waals surface area contributed by atoms with Gasteiger partial charge in [0, 0.05) is 6.54 Å². The van der Waals surface area contributed by atoms with E-state index in [1.807, 2.05) is 31.2 Å². The molecule has 5 nitrogen and oxygen atoms in total. The predicted octanol–water partition coefficient (Wildman–Crippen LogP) is 3.04. The molecule has 0 radical (unpaired) electrons. The Labute approximate surface area is 142 Å². The van der Waals surface area contributed by atoms with Gasteiger partial charge in [-0.1, -0.05) is 6.07 Å². The van der Waals surface area contributed by atoms with E-state index in [9.17, 15) is 5.11 Å². The average Bonchev–Trinajstić information content (AvgIpc) is 2.62. The summed E-state index contributed by atoms with van der Waals surface area (Å²) in [4.78, 5) is 0. The molecule has 2 N–H and O–H groups in total. The van der Waals surface area contributed by atoms with Gasteiger partial charge in [-0.15, -0.1) is 0 Å². The zero-order valence-electron chi connectivity index (χ0n) is 14.3. The molecule has 0 aromatic heterocycles. The van der Waals surface area contributed by atoms with Gasteiger partial charge >= 0.3 is 0 Å². The van der Waals surface area contributed by atoms with Gasteiger partial charge in [0.2, 0.25) is 0 Å². The molecule has 0 amide bonds. The van der Waals surface area contributed by atoms with E-state index in [0.29, 0.717) is 18.1 Å². The second kappa shape index (κ2) is 7.01. The lowest BCUT2D eigenvalue weighted by atomic mass is 9.89. The molecule has 0 saturated carbocycles. The summed E-state index contributed by atoms with van der Waals surface area (Å²) < 4.78 is 16.4. The molecular formula is C19H23NO4. The Morgan fingerprint density at radius 3 is 2.54 bits per heavy atom. The molecule has 0 fully saturated rings. The summed E-state index contributed by atoms with van der Waals surface area (Å²) in [6.45, 7) is 3.28. The summed E-state index contributed by atoms with van der Waals surface area (Å²) in [6, 6.07) is 9.58. The monoisotopic (exact) mass is 329 g/mol. The first-order valence-electron chi connectivity index (χ1n) is 8.11. The Morgan fingerprint density at radius 2 is 1.83 bits per heavy atom. The number of nitrogens with one attached hydrogen (secondary N) is 1. The van der Waals surface area contributed by atoms with Crippen LogP contribution in [0.4, 0.5) is 0 Å². The summed E-state index contributed by atoms with van der Waals surface area (Å²) in [5, 5.41) is 13.5. The van der Waals surface area contributed by atoms with E-state index >= 15 is 0 Å². The van der Waals surface area contributed by atoms with Crippen molar-refractivity contribution in [3.8, 4) is 23.0 Å². The second-order valence-electron chi connectivity index (χ2n) is 5.70. The number of hydrogen-bond donors (Lipinski definition) is 2. The van der Waals surface area contributed by atoms with Crippen molar-refractivity contribution in [1.29, 1.82) is 0 Å². The molecule has 1 atom stereocenters. The van der Waals surface area contributed by atoms with Gasteiger partial charge in [-0.3, -0.25) is 0 Å². The highest BCUT2D eigenvalue weighted by Gasteiger charge is 2.24. The van der Waals surface area contributed by atoms with Crippen LogP contribution in [0.15, 0.2) is 30.3 Å². The van der Waals surface area contributed by atoms with Gasteiger partial charge < -0.3 is 24.6 Å². The van der Waals surface area contributed by atoms with Crippen LogP contribution >= 0.6 is 0 Å². The van der Waals surface area contributed by atoms with Crippen molar-refractivity contribution >= 4 is 0 Å². The summed E-state index contributed by atoms with van der Waals surface area (Å²) in [5.74, 6) is 2.12. The van der Waals surface area contributed by atoms with Crippen LogP contribution in [0.2, 0.25) is 0 Å². The fraction of sp³-hybridized carbons (Fsp3) is 0.368. The predicted molar refractivity (Wildman–Crippen MR) is 92.4 cm³/mol. The third kappa shape index (κ3) is 2.99. The van der Waals surface area contributed by atoms with Crippen LogP contribution in [0.1, 0.15) is 29.7 Å². The van der Waals surface area contributed by atoms with Crippen LogP contribution in [0.25, 0.3) is 0 Å². The first-order chi connectivity index (χ1) is 11.7.